The summed E-state index contributed by atoms with van der Waals surface area (Å²) in [6, 6.07) is 18.9. The Morgan fingerprint density at radius 2 is 1.68 bits per heavy atom. The predicted octanol–water partition coefficient (Wildman–Crippen LogP) is 4.70. The molecule has 1 heterocycles. The van der Waals surface area contributed by atoms with E-state index in [4.69, 9.17) is 0 Å². The number of carbonyl (C=O) groups is 1. The minimum atomic E-state index is 0.0294. The van der Waals surface area contributed by atoms with Crippen LogP contribution in [0.1, 0.15) is 43.7 Å². The van der Waals surface area contributed by atoms with Crippen molar-refractivity contribution in [2.45, 2.75) is 44.2 Å². The van der Waals surface area contributed by atoms with Gasteiger partial charge in [-0.3, -0.25) is 4.90 Å². The van der Waals surface area contributed by atoms with Crippen LogP contribution in [0.2, 0.25) is 0 Å². The lowest BCUT2D eigenvalue weighted by atomic mass is 9.95. The van der Waals surface area contributed by atoms with Crippen LogP contribution in [0.4, 0.5) is 16.2 Å². The number of benzene rings is 2. The van der Waals surface area contributed by atoms with Gasteiger partial charge in [0.15, 0.2) is 0 Å². The average Bonchev–Trinajstić information content (AvgIpc) is 2.68. The number of hydrogen-bond acceptors (Lipinski definition) is 2. The van der Waals surface area contributed by atoms with E-state index in [1.54, 1.807) is 0 Å². The van der Waals surface area contributed by atoms with Gasteiger partial charge in [-0.05, 0) is 30.5 Å². The van der Waals surface area contributed by atoms with E-state index in [1.165, 1.54) is 24.8 Å². The molecule has 4 nitrogen and oxygen atoms in total. The molecule has 25 heavy (non-hydrogen) atoms. The zero-order valence-corrected chi connectivity index (χ0v) is 14.4. The van der Waals surface area contributed by atoms with E-state index < -0.39 is 0 Å². The van der Waals surface area contributed by atoms with E-state index in [2.05, 4.69) is 22.8 Å². The van der Waals surface area contributed by atoms with Crippen LogP contribution in [-0.4, -0.2) is 18.6 Å². The van der Waals surface area contributed by atoms with Gasteiger partial charge < -0.3 is 10.6 Å². The van der Waals surface area contributed by atoms with E-state index in [0.29, 0.717) is 12.6 Å². The first-order valence-corrected chi connectivity index (χ1v) is 9.30. The van der Waals surface area contributed by atoms with Gasteiger partial charge in [0.1, 0.15) is 0 Å². The first kappa shape index (κ1) is 16.0. The van der Waals surface area contributed by atoms with Gasteiger partial charge in [-0.25, -0.2) is 4.79 Å². The summed E-state index contributed by atoms with van der Waals surface area (Å²) in [5.74, 6) is 0. The highest BCUT2D eigenvalue weighted by Gasteiger charge is 2.30. The summed E-state index contributed by atoms with van der Waals surface area (Å²) in [4.78, 5) is 14.9. The number of hydrogen-bond donors (Lipinski definition) is 2. The Morgan fingerprint density at radius 1 is 0.960 bits per heavy atom. The molecular weight excluding hydrogens is 310 g/mol. The highest BCUT2D eigenvalue weighted by molar-refractivity contribution is 5.97. The van der Waals surface area contributed by atoms with Crippen LogP contribution in [0.5, 0.6) is 0 Å². The number of anilines is 2. The maximum absolute atomic E-state index is 13.0. The summed E-state index contributed by atoms with van der Waals surface area (Å²) in [5, 5.41) is 6.84. The average molecular weight is 335 g/mol. The van der Waals surface area contributed by atoms with Crippen molar-refractivity contribution < 1.29 is 4.79 Å². The van der Waals surface area contributed by atoms with Crippen LogP contribution in [0, 0.1) is 0 Å². The van der Waals surface area contributed by atoms with Gasteiger partial charge in [0.25, 0.3) is 0 Å². The molecule has 130 valence electrons. The minimum Gasteiger partial charge on any atom is -0.375 e. The fraction of sp³-hybridized carbons (Fsp3) is 0.381. The second-order valence-corrected chi connectivity index (χ2v) is 7.02. The molecule has 0 aromatic heterocycles. The van der Waals surface area contributed by atoms with Crippen LogP contribution in [0.15, 0.2) is 54.6 Å². The molecule has 0 bridgehead atoms. The molecule has 1 unspecified atom stereocenters. The second-order valence-electron chi connectivity index (χ2n) is 7.02. The molecule has 1 saturated carbocycles. The lowest BCUT2D eigenvalue weighted by Crippen LogP contribution is -2.49. The number of carbonyl (C=O) groups excluding carboxylic acids is 1. The number of para-hydroxylation sites is 2. The Morgan fingerprint density at radius 3 is 2.48 bits per heavy atom. The molecule has 2 aromatic rings. The maximum atomic E-state index is 13.0. The van der Waals surface area contributed by atoms with Gasteiger partial charge in [0.2, 0.25) is 0 Å². The summed E-state index contributed by atoms with van der Waals surface area (Å²) in [6.07, 6.45) is 5.92. The quantitative estimate of drug-likeness (QED) is 0.835. The lowest BCUT2D eigenvalue weighted by Gasteiger charge is -2.37. The highest BCUT2D eigenvalue weighted by atomic mass is 16.2. The molecular formula is C21H25N3O. The number of urea groups is 1. The first-order valence-electron chi connectivity index (χ1n) is 9.30. The lowest BCUT2D eigenvalue weighted by molar-refractivity contribution is 0.237. The number of rotatable bonds is 2. The summed E-state index contributed by atoms with van der Waals surface area (Å²) < 4.78 is 0. The zero-order valence-electron chi connectivity index (χ0n) is 14.4. The molecule has 0 radical (unpaired) electrons. The largest absolute Gasteiger partial charge is 0.375 e. The van der Waals surface area contributed by atoms with Crippen LogP contribution in [0.3, 0.4) is 0 Å². The van der Waals surface area contributed by atoms with E-state index in [9.17, 15) is 4.79 Å². The Kier molecular flexibility index (Phi) is 4.59. The third-order valence-electron chi connectivity index (χ3n) is 5.27. The van der Waals surface area contributed by atoms with Gasteiger partial charge in [0.05, 0.1) is 24.0 Å². The summed E-state index contributed by atoms with van der Waals surface area (Å²) >= 11 is 0. The molecule has 4 rings (SSSR count). The standard InChI is InChI=1S/C21H25N3O/c25-21(22-17-11-5-2-6-12-17)24-15-19(16-9-3-1-4-10-16)23-18-13-7-8-14-20(18)24/h1,3-4,7-10,13-14,17,19,23H,2,5-6,11-12,15H2,(H,22,25). The van der Waals surface area contributed by atoms with Crippen molar-refractivity contribution in [2.75, 3.05) is 16.8 Å². The molecule has 0 saturated heterocycles. The molecule has 4 heteroatoms. The van der Waals surface area contributed by atoms with Crippen LogP contribution >= 0.6 is 0 Å². The maximum Gasteiger partial charge on any atom is 0.322 e. The number of amides is 2. The fourth-order valence-corrected chi connectivity index (χ4v) is 3.91. The molecule has 2 aliphatic rings. The summed E-state index contributed by atoms with van der Waals surface area (Å²) in [6.45, 7) is 0.638. The molecule has 2 N–H and O–H groups in total. The molecule has 0 spiro atoms. The molecule has 2 aromatic carbocycles. The highest BCUT2D eigenvalue weighted by Crippen LogP contribution is 2.35. The van der Waals surface area contributed by atoms with Crippen molar-refractivity contribution in [3.05, 3.63) is 60.2 Å². The zero-order chi connectivity index (χ0) is 17.1. The molecule has 2 amide bonds. The molecule has 1 aliphatic carbocycles. The van der Waals surface area contributed by atoms with Crippen LogP contribution in [0.25, 0.3) is 0 Å². The van der Waals surface area contributed by atoms with Crippen LogP contribution in [-0.2, 0) is 0 Å². The Hall–Kier alpha value is -2.49. The van der Waals surface area contributed by atoms with Gasteiger partial charge >= 0.3 is 6.03 Å². The van der Waals surface area contributed by atoms with E-state index >= 15 is 0 Å². The number of fused-ring (bicyclic) bond motifs is 1. The molecule has 1 atom stereocenters. The minimum absolute atomic E-state index is 0.0294. The normalized spacial score (nSPS) is 20.5. The summed E-state index contributed by atoms with van der Waals surface area (Å²) in [5.41, 5.74) is 3.18. The van der Waals surface area contributed by atoms with E-state index in [-0.39, 0.29) is 12.1 Å². The van der Waals surface area contributed by atoms with Crippen molar-refractivity contribution in [3.63, 3.8) is 0 Å². The van der Waals surface area contributed by atoms with Gasteiger partial charge in [-0.15, -0.1) is 0 Å². The number of nitrogens with one attached hydrogen (secondary N) is 2. The Balaban J connectivity index is 1.57. The van der Waals surface area contributed by atoms with Crippen LogP contribution < -0.4 is 15.5 Å². The third kappa shape index (κ3) is 3.48. The van der Waals surface area contributed by atoms with Crippen molar-refractivity contribution in [1.29, 1.82) is 0 Å². The van der Waals surface area contributed by atoms with Gasteiger partial charge in [-0.2, -0.15) is 0 Å². The van der Waals surface area contributed by atoms with Crippen molar-refractivity contribution in [3.8, 4) is 0 Å². The van der Waals surface area contributed by atoms with Gasteiger partial charge in [-0.1, -0.05) is 61.7 Å². The topological polar surface area (TPSA) is 44.4 Å². The second kappa shape index (κ2) is 7.18. The summed E-state index contributed by atoms with van der Waals surface area (Å²) in [7, 11) is 0. The van der Waals surface area contributed by atoms with E-state index in [1.807, 2.05) is 47.4 Å². The van der Waals surface area contributed by atoms with Crippen molar-refractivity contribution in [1.82, 2.24) is 5.32 Å². The SMILES string of the molecule is O=C(NC1CCCCC1)N1CC(c2ccccc2)Nc2ccccc21. The first-order chi connectivity index (χ1) is 12.3. The van der Waals surface area contributed by atoms with E-state index in [0.717, 1.165) is 24.2 Å². The number of nitrogens with zero attached hydrogens (tertiary/aromatic N) is 1. The Bertz CT molecular complexity index is 725. The monoisotopic (exact) mass is 335 g/mol. The fourth-order valence-electron chi connectivity index (χ4n) is 3.91. The van der Waals surface area contributed by atoms with Crippen molar-refractivity contribution in [2.24, 2.45) is 0 Å². The van der Waals surface area contributed by atoms with Crippen molar-refractivity contribution >= 4 is 17.4 Å². The Labute approximate surface area is 149 Å². The molecule has 1 fully saturated rings. The third-order valence-corrected chi connectivity index (χ3v) is 5.27. The van der Waals surface area contributed by atoms with Gasteiger partial charge in [0, 0.05) is 6.04 Å². The molecule has 1 aliphatic heterocycles. The predicted molar refractivity (Wildman–Crippen MR) is 102 cm³/mol. The smallest absolute Gasteiger partial charge is 0.322 e.